The Morgan fingerprint density at radius 1 is 1.09 bits per heavy atom. The van der Waals surface area contributed by atoms with Gasteiger partial charge in [0.1, 0.15) is 5.00 Å². The Kier molecular flexibility index (Phi) is 6.59. The van der Waals surface area contributed by atoms with Crippen LogP contribution >= 0.6 is 34.7 Å². The number of hydrogen-bond acceptors (Lipinski definition) is 6. The second-order valence-corrected chi connectivity index (χ2v) is 9.14. The molecule has 0 unspecified atom stereocenters. The average Bonchev–Trinajstić information content (AvgIpc) is 3.40. The third kappa shape index (κ3) is 4.85. The zero-order valence-electron chi connectivity index (χ0n) is 16.9. The molecule has 2 aromatic carbocycles. The lowest BCUT2D eigenvalue weighted by Crippen LogP contribution is -2.18. The minimum Gasteiger partial charge on any atom is -0.366 e. The van der Waals surface area contributed by atoms with Crippen molar-refractivity contribution in [3.63, 3.8) is 0 Å². The predicted molar refractivity (Wildman–Crippen MR) is 129 cm³/mol. The van der Waals surface area contributed by atoms with Crippen LogP contribution in [0.2, 0.25) is 5.02 Å². The molecular formula is C22H18ClN5O2S2. The SMILES string of the molecule is Cc1ccc(-n2c(SCC(=O)Nc3sccc3C(N)=O)nnc2-c2ccc(Cl)cc2)cc1. The fraction of sp³-hybridized carbons (Fsp3) is 0.0909. The van der Waals surface area contributed by atoms with Gasteiger partial charge in [-0.2, -0.15) is 0 Å². The van der Waals surface area contributed by atoms with Gasteiger partial charge in [0, 0.05) is 16.3 Å². The number of primary amides is 1. The van der Waals surface area contributed by atoms with Crippen LogP contribution in [0.1, 0.15) is 15.9 Å². The van der Waals surface area contributed by atoms with Gasteiger partial charge in [-0.05, 0) is 54.8 Å². The number of nitrogens with one attached hydrogen (secondary N) is 1. The Hall–Kier alpha value is -3.14. The molecule has 4 rings (SSSR count). The summed E-state index contributed by atoms with van der Waals surface area (Å²) in [5.74, 6) is -0.129. The number of aromatic nitrogens is 3. The molecule has 0 aliphatic rings. The third-order valence-electron chi connectivity index (χ3n) is 4.54. The van der Waals surface area contributed by atoms with Crippen molar-refractivity contribution < 1.29 is 9.59 Å². The molecule has 0 saturated heterocycles. The van der Waals surface area contributed by atoms with E-state index in [4.69, 9.17) is 17.3 Å². The first-order valence-electron chi connectivity index (χ1n) is 9.50. The number of benzene rings is 2. The van der Waals surface area contributed by atoms with Crippen molar-refractivity contribution in [2.75, 3.05) is 11.1 Å². The van der Waals surface area contributed by atoms with E-state index in [-0.39, 0.29) is 11.7 Å². The zero-order chi connectivity index (χ0) is 22.7. The maximum Gasteiger partial charge on any atom is 0.251 e. The summed E-state index contributed by atoms with van der Waals surface area (Å²) in [4.78, 5) is 24.0. The van der Waals surface area contributed by atoms with Crippen LogP contribution in [0.5, 0.6) is 0 Å². The van der Waals surface area contributed by atoms with Crippen LogP contribution in [0.25, 0.3) is 17.1 Å². The van der Waals surface area contributed by atoms with E-state index in [9.17, 15) is 9.59 Å². The van der Waals surface area contributed by atoms with Crippen molar-refractivity contribution in [1.82, 2.24) is 14.8 Å². The molecule has 0 saturated carbocycles. The maximum atomic E-state index is 12.5. The second-order valence-electron chi connectivity index (χ2n) is 6.85. The molecule has 10 heteroatoms. The number of hydrogen-bond donors (Lipinski definition) is 2. The highest BCUT2D eigenvalue weighted by atomic mass is 35.5. The summed E-state index contributed by atoms with van der Waals surface area (Å²) in [6, 6.07) is 16.9. The first-order chi connectivity index (χ1) is 15.4. The molecule has 0 radical (unpaired) electrons. The van der Waals surface area contributed by atoms with Gasteiger partial charge in [0.2, 0.25) is 5.91 Å². The number of halogens is 1. The van der Waals surface area contributed by atoms with Crippen LogP contribution in [-0.2, 0) is 4.79 Å². The zero-order valence-corrected chi connectivity index (χ0v) is 19.3. The summed E-state index contributed by atoms with van der Waals surface area (Å²) in [5, 5.41) is 14.8. The monoisotopic (exact) mass is 483 g/mol. The Morgan fingerprint density at radius 2 is 1.81 bits per heavy atom. The summed E-state index contributed by atoms with van der Waals surface area (Å²) >= 11 is 8.53. The van der Waals surface area contributed by atoms with Crippen LogP contribution < -0.4 is 11.1 Å². The Balaban J connectivity index is 1.60. The molecular weight excluding hydrogens is 466 g/mol. The van der Waals surface area contributed by atoms with Gasteiger partial charge in [-0.25, -0.2) is 0 Å². The molecule has 7 nitrogen and oxygen atoms in total. The molecule has 0 atom stereocenters. The van der Waals surface area contributed by atoms with Crippen LogP contribution in [0, 0.1) is 6.92 Å². The maximum absolute atomic E-state index is 12.5. The van der Waals surface area contributed by atoms with Crippen molar-refractivity contribution in [3.8, 4) is 17.1 Å². The fourth-order valence-corrected chi connectivity index (χ4v) is 4.66. The van der Waals surface area contributed by atoms with Gasteiger partial charge < -0.3 is 11.1 Å². The summed E-state index contributed by atoms with van der Waals surface area (Å²) in [5.41, 5.74) is 8.49. The Labute approximate surface area is 197 Å². The highest BCUT2D eigenvalue weighted by Gasteiger charge is 2.18. The lowest BCUT2D eigenvalue weighted by atomic mass is 10.2. The molecule has 3 N–H and O–H groups in total. The molecule has 2 heterocycles. The number of thiophene rings is 1. The lowest BCUT2D eigenvalue weighted by molar-refractivity contribution is -0.113. The van der Waals surface area contributed by atoms with E-state index in [1.807, 2.05) is 47.9 Å². The van der Waals surface area contributed by atoms with Gasteiger partial charge >= 0.3 is 0 Å². The van der Waals surface area contributed by atoms with Gasteiger partial charge in [-0.3, -0.25) is 14.2 Å². The van der Waals surface area contributed by atoms with Crippen LogP contribution in [0.3, 0.4) is 0 Å². The Morgan fingerprint density at radius 3 is 2.50 bits per heavy atom. The highest BCUT2D eigenvalue weighted by Crippen LogP contribution is 2.29. The summed E-state index contributed by atoms with van der Waals surface area (Å²) in [7, 11) is 0. The van der Waals surface area contributed by atoms with Gasteiger partial charge in [0.15, 0.2) is 11.0 Å². The number of carbonyl (C=O) groups is 2. The number of aryl methyl sites for hydroxylation is 1. The molecule has 2 aromatic heterocycles. The summed E-state index contributed by atoms with van der Waals surface area (Å²) < 4.78 is 1.90. The van der Waals surface area contributed by atoms with E-state index in [2.05, 4.69) is 15.5 Å². The molecule has 0 bridgehead atoms. The molecule has 0 fully saturated rings. The first-order valence-corrected chi connectivity index (χ1v) is 11.7. The van der Waals surface area contributed by atoms with E-state index in [1.54, 1.807) is 23.6 Å². The van der Waals surface area contributed by atoms with Crippen molar-refractivity contribution in [1.29, 1.82) is 0 Å². The third-order valence-corrected chi connectivity index (χ3v) is 6.55. The molecule has 0 aliphatic carbocycles. The topological polar surface area (TPSA) is 103 Å². The van der Waals surface area contributed by atoms with Crippen LogP contribution in [0.15, 0.2) is 65.1 Å². The van der Waals surface area contributed by atoms with Crippen LogP contribution in [-0.4, -0.2) is 32.3 Å². The molecule has 2 amide bonds. The number of nitrogens with two attached hydrogens (primary N) is 1. The van der Waals surface area contributed by atoms with E-state index in [0.717, 1.165) is 16.8 Å². The molecule has 162 valence electrons. The Bertz CT molecular complexity index is 1270. The minimum atomic E-state index is -0.582. The lowest BCUT2D eigenvalue weighted by Gasteiger charge is -2.11. The van der Waals surface area contributed by atoms with Crippen molar-refractivity contribution >= 4 is 51.5 Å². The van der Waals surface area contributed by atoms with Crippen molar-refractivity contribution in [2.45, 2.75) is 12.1 Å². The molecule has 0 spiro atoms. The van der Waals surface area contributed by atoms with Crippen molar-refractivity contribution in [3.05, 3.63) is 76.1 Å². The highest BCUT2D eigenvalue weighted by molar-refractivity contribution is 7.99. The van der Waals surface area contributed by atoms with Gasteiger partial charge in [-0.1, -0.05) is 41.1 Å². The normalized spacial score (nSPS) is 10.8. The van der Waals surface area contributed by atoms with Gasteiger partial charge in [0.05, 0.1) is 11.3 Å². The van der Waals surface area contributed by atoms with E-state index >= 15 is 0 Å². The summed E-state index contributed by atoms with van der Waals surface area (Å²) in [6.45, 7) is 2.01. The van der Waals surface area contributed by atoms with Gasteiger partial charge in [0.25, 0.3) is 5.91 Å². The number of carbonyl (C=O) groups excluding carboxylic acids is 2. The first kappa shape index (κ1) is 22.1. The quantitative estimate of drug-likeness (QED) is 0.368. The average molecular weight is 484 g/mol. The summed E-state index contributed by atoms with van der Waals surface area (Å²) in [6.07, 6.45) is 0. The smallest absolute Gasteiger partial charge is 0.251 e. The molecule has 32 heavy (non-hydrogen) atoms. The largest absolute Gasteiger partial charge is 0.366 e. The predicted octanol–water partition coefficient (Wildman–Crippen LogP) is 4.79. The van der Waals surface area contributed by atoms with E-state index in [0.29, 0.717) is 26.6 Å². The number of anilines is 1. The van der Waals surface area contributed by atoms with E-state index in [1.165, 1.54) is 23.1 Å². The number of nitrogens with zero attached hydrogens (tertiary/aromatic N) is 3. The van der Waals surface area contributed by atoms with Crippen molar-refractivity contribution in [2.24, 2.45) is 5.73 Å². The van der Waals surface area contributed by atoms with Gasteiger partial charge in [-0.15, -0.1) is 21.5 Å². The standard InChI is InChI=1S/C22H18ClN5O2S2/c1-13-2-8-16(9-3-13)28-20(14-4-6-15(23)7-5-14)26-27-22(28)32-12-18(29)25-21-17(19(24)30)10-11-31-21/h2-11H,12H2,1H3,(H2,24,30)(H,25,29). The molecule has 0 aliphatic heterocycles. The number of amides is 2. The van der Waals surface area contributed by atoms with E-state index < -0.39 is 5.91 Å². The molecule has 4 aromatic rings. The van der Waals surface area contributed by atoms with Crippen LogP contribution in [0.4, 0.5) is 5.00 Å². The minimum absolute atomic E-state index is 0.0840. The number of rotatable bonds is 7. The fourth-order valence-electron chi connectivity index (χ4n) is 2.97. The second kappa shape index (κ2) is 9.56. The number of thioether (sulfide) groups is 1.